The number of rotatable bonds is 5. The molecule has 2 N–H and O–H groups in total. The summed E-state index contributed by atoms with van der Waals surface area (Å²) in [4.78, 5) is 12.1. The number of carbonyl (C=O) groups excluding carboxylic acids is 1. The maximum absolute atomic E-state index is 13.7. The Morgan fingerprint density at radius 3 is 2.40 bits per heavy atom. The quantitative estimate of drug-likeness (QED) is 0.661. The predicted octanol–water partition coefficient (Wildman–Crippen LogP) is 5.20. The van der Waals surface area contributed by atoms with Gasteiger partial charge < -0.3 is 10.6 Å². The zero-order chi connectivity index (χ0) is 17.6. The van der Waals surface area contributed by atoms with Crippen LogP contribution in [0.25, 0.3) is 11.1 Å². The number of halogens is 2. The largest absolute Gasteiger partial charge is 0.376 e. The Morgan fingerprint density at radius 1 is 0.920 bits per heavy atom. The number of amides is 1. The number of anilines is 2. The van der Waals surface area contributed by atoms with Crippen LogP contribution in [0.2, 0.25) is 5.02 Å². The first-order valence-corrected chi connectivity index (χ1v) is 8.14. The number of hydrogen-bond donors (Lipinski definition) is 2. The van der Waals surface area contributed by atoms with E-state index in [-0.39, 0.29) is 23.2 Å². The van der Waals surface area contributed by atoms with E-state index in [4.69, 9.17) is 11.6 Å². The average Bonchev–Trinajstić information content (AvgIpc) is 2.63. The van der Waals surface area contributed by atoms with Crippen molar-refractivity contribution < 1.29 is 9.18 Å². The number of para-hydroxylation sites is 1. The van der Waals surface area contributed by atoms with Crippen molar-refractivity contribution in [1.29, 1.82) is 0 Å². The standard InChI is InChI=1S/C20H16ClFN2O/c21-15-10-11-19(17(22)12-15)24-20(25)13-23-18-9-5-4-8-16(18)14-6-2-1-3-7-14/h1-12,23H,13H2,(H,24,25). The van der Waals surface area contributed by atoms with Gasteiger partial charge in [0.25, 0.3) is 0 Å². The number of hydrogen-bond acceptors (Lipinski definition) is 2. The second kappa shape index (κ2) is 7.81. The molecule has 0 bridgehead atoms. The highest BCUT2D eigenvalue weighted by atomic mass is 35.5. The molecule has 0 atom stereocenters. The molecule has 0 aliphatic heterocycles. The minimum Gasteiger partial charge on any atom is -0.376 e. The lowest BCUT2D eigenvalue weighted by atomic mass is 10.0. The second-order valence-corrected chi connectivity index (χ2v) is 5.87. The molecule has 25 heavy (non-hydrogen) atoms. The molecule has 126 valence electrons. The van der Waals surface area contributed by atoms with E-state index in [0.29, 0.717) is 0 Å². The van der Waals surface area contributed by atoms with Gasteiger partial charge in [0, 0.05) is 16.3 Å². The van der Waals surface area contributed by atoms with Crippen LogP contribution in [-0.4, -0.2) is 12.5 Å². The first-order valence-electron chi connectivity index (χ1n) is 7.77. The molecule has 0 spiro atoms. The van der Waals surface area contributed by atoms with Crippen molar-refractivity contribution >= 4 is 28.9 Å². The Kier molecular flexibility index (Phi) is 5.31. The summed E-state index contributed by atoms with van der Waals surface area (Å²) in [5.41, 5.74) is 2.98. The number of benzene rings is 3. The van der Waals surface area contributed by atoms with Crippen LogP contribution in [-0.2, 0) is 4.79 Å². The van der Waals surface area contributed by atoms with Gasteiger partial charge >= 0.3 is 0 Å². The van der Waals surface area contributed by atoms with Crippen molar-refractivity contribution in [2.24, 2.45) is 0 Å². The smallest absolute Gasteiger partial charge is 0.243 e. The van der Waals surface area contributed by atoms with Gasteiger partial charge in [0.2, 0.25) is 5.91 Å². The summed E-state index contributed by atoms with van der Waals surface area (Å²) >= 11 is 5.71. The fourth-order valence-corrected chi connectivity index (χ4v) is 2.63. The van der Waals surface area contributed by atoms with E-state index in [1.54, 1.807) is 0 Å². The van der Waals surface area contributed by atoms with Crippen LogP contribution in [0.5, 0.6) is 0 Å². The molecule has 0 heterocycles. The van der Waals surface area contributed by atoms with Crippen LogP contribution in [0.1, 0.15) is 0 Å². The van der Waals surface area contributed by atoms with Crippen molar-refractivity contribution in [3.63, 3.8) is 0 Å². The van der Waals surface area contributed by atoms with Gasteiger partial charge in [-0.15, -0.1) is 0 Å². The maximum atomic E-state index is 13.7. The minimum absolute atomic E-state index is 0.0198. The molecular weight excluding hydrogens is 339 g/mol. The Bertz CT molecular complexity index is 884. The topological polar surface area (TPSA) is 41.1 Å². The second-order valence-electron chi connectivity index (χ2n) is 5.44. The zero-order valence-corrected chi connectivity index (χ0v) is 14.1. The van der Waals surface area contributed by atoms with Crippen molar-refractivity contribution in [3.05, 3.63) is 83.6 Å². The highest BCUT2D eigenvalue weighted by Gasteiger charge is 2.09. The fourth-order valence-electron chi connectivity index (χ4n) is 2.47. The molecule has 3 aromatic carbocycles. The van der Waals surface area contributed by atoms with Gasteiger partial charge in [-0.25, -0.2) is 4.39 Å². The Balaban J connectivity index is 1.69. The van der Waals surface area contributed by atoms with Crippen LogP contribution in [0, 0.1) is 5.82 Å². The molecule has 3 aromatic rings. The molecule has 3 nitrogen and oxygen atoms in total. The third kappa shape index (κ3) is 4.37. The molecule has 0 aliphatic rings. The molecule has 0 unspecified atom stereocenters. The van der Waals surface area contributed by atoms with E-state index in [0.717, 1.165) is 22.9 Å². The summed E-state index contributed by atoms with van der Waals surface area (Å²) in [5, 5.41) is 5.92. The molecule has 0 aromatic heterocycles. The molecule has 0 aliphatic carbocycles. The molecule has 0 saturated carbocycles. The van der Waals surface area contributed by atoms with E-state index >= 15 is 0 Å². The molecule has 5 heteroatoms. The Labute approximate surface area is 150 Å². The molecule has 0 radical (unpaired) electrons. The minimum atomic E-state index is -0.564. The van der Waals surface area contributed by atoms with E-state index in [9.17, 15) is 9.18 Å². The number of carbonyl (C=O) groups is 1. The third-order valence-corrected chi connectivity index (χ3v) is 3.89. The van der Waals surface area contributed by atoms with Gasteiger partial charge in [0.15, 0.2) is 0 Å². The number of nitrogens with one attached hydrogen (secondary N) is 2. The normalized spacial score (nSPS) is 10.3. The van der Waals surface area contributed by atoms with Gasteiger partial charge in [-0.2, -0.15) is 0 Å². The zero-order valence-electron chi connectivity index (χ0n) is 13.3. The highest BCUT2D eigenvalue weighted by Crippen LogP contribution is 2.27. The SMILES string of the molecule is O=C(CNc1ccccc1-c1ccccc1)Nc1ccc(Cl)cc1F. The summed E-state index contributed by atoms with van der Waals surface area (Å²) in [6.07, 6.45) is 0. The predicted molar refractivity (Wildman–Crippen MR) is 100 cm³/mol. The molecule has 0 fully saturated rings. The Morgan fingerprint density at radius 2 is 1.64 bits per heavy atom. The van der Waals surface area contributed by atoms with E-state index in [2.05, 4.69) is 10.6 Å². The lowest BCUT2D eigenvalue weighted by Crippen LogP contribution is -2.22. The van der Waals surface area contributed by atoms with Crippen molar-refractivity contribution in [3.8, 4) is 11.1 Å². The summed E-state index contributed by atoms with van der Waals surface area (Å²) in [6.45, 7) is 0.0198. The third-order valence-electron chi connectivity index (χ3n) is 3.66. The van der Waals surface area contributed by atoms with Gasteiger partial charge in [-0.05, 0) is 29.8 Å². The van der Waals surface area contributed by atoms with E-state index < -0.39 is 5.82 Å². The van der Waals surface area contributed by atoms with E-state index in [1.165, 1.54) is 12.1 Å². The van der Waals surface area contributed by atoms with Crippen LogP contribution in [0.15, 0.2) is 72.8 Å². The first-order chi connectivity index (χ1) is 12.1. The van der Waals surface area contributed by atoms with Gasteiger partial charge in [-0.3, -0.25) is 4.79 Å². The van der Waals surface area contributed by atoms with Crippen LogP contribution >= 0.6 is 11.6 Å². The van der Waals surface area contributed by atoms with Gasteiger partial charge in [-0.1, -0.05) is 60.1 Å². The summed E-state index contributed by atoms with van der Waals surface area (Å²) in [6, 6.07) is 21.7. The van der Waals surface area contributed by atoms with Crippen LogP contribution < -0.4 is 10.6 Å². The van der Waals surface area contributed by atoms with Gasteiger partial charge in [0.05, 0.1) is 12.2 Å². The average molecular weight is 355 g/mol. The molecule has 0 saturated heterocycles. The monoisotopic (exact) mass is 354 g/mol. The first kappa shape index (κ1) is 17.0. The summed E-state index contributed by atoms with van der Waals surface area (Å²) in [7, 11) is 0. The van der Waals surface area contributed by atoms with Crippen molar-refractivity contribution in [2.45, 2.75) is 0 Å². The van der Waals surface area contributed by atoms with Crippen LogP contribution in [0.4, 0.5) is 15.8 Å². The molecule has 3 rings (SSSR count). The van der Waals surface area contributed by atoms with Crippen molar-refractivity contribution in [2.75, 3.05) is 17.2 Å². The van der Waals surface area contributed by atoms with Crippen LogP contribution in [0.3, 0.4) is 0 Å². The fraction of sp³-hybridized carbons (Fsp3) is 0.0500. The van der Waals surface area contributed by atoms with E-state index in [1.807, 2.05) is 54.6 Å². The summed E-state index contributed by atoms with van der Waals surface area (Å²) < 4.78 is 13.7. The highest BCUT2D eigenvalue weighted by molar-refractivity contribution is 6.30. The van der Waals surface area contributed by atoms with Gasteiger partial charge in [0.1, 0.15) is 5.82 Å². The lowest BCUT2D eigenvalue weighted by Gasteiger charge is -2.12. The van der Waals surface area contributed by atoms with Crippen molar-refractivity contribution in [1.82, 2.24) is 0 Å². The Hall–Kier alpha value is -2.85. The molecular formula is C20H16ClFN2O. The molecule has 1 amide bonds. The lowest BCUT2D eigenvalue weighted by molar-refractivity contribution is -0.114. The summed E-state index contributed by atoms with van der Waals surface area (Å²) in [5.74, 6) is -0.908. The maximum Gasteiger partial charge on any atom is 0.243 e.